The van der Waals surface area contributed by atoms with Crippen LogP contribution in [0, 0.1) is 0 Å². The van der Waals surface area contributed by atoms with Crippen molar-refractivity contribution >= 4 is 35.0 Å². The molecule has 0 bridgehead atoms. The number of amides is 1. The molecule has 0 saturated heterocycles. The standard InChI is InChI=1S/C14H17ClN4O3S/c1-21-6-5-19-9-16-18-14(19)23-8-13(20)17-10-3-4-12(22-2)11(15)7-10/h3-4,7,9H,5-6,8H2,1-2H3,(H,17,20). The van der Waals surface area contributed by atoms with E-state index in [1.54, 1.807) is 31.6 Å². The highest BCUT2D eigenvalue weighted by Crippen LogP contribution is 2.27. The second-order valence-corrected chi connectivity index (χ2v) is 5.84. The number of hydrogen-bond donors (Lipinski definition) is 1. The van der Waals surface area contributed by atoms with Crippen LogP contribution in [0.4, 0.5) is 5.69 Å². The van der Waals surface area contributed by atoms with Crippen molar-refractivity contribution in [3.05, 3.63) is 29.5 Å². The van der Waals surface area contributed by atoms with Crippen molar-refractivity contribution in [3.63, 3.8) is 0 Å². The third-order valence-electron chi connectivity index (χ3n) is 2.88. The number of nitrogens with zero attached hydrogens (tertiary/aromatic N) is 3. The zero-order chi connectivity index (χ0) is 16.7. The van der Waals surface area contributed by atoms with Crippen LogP contribution >= 0.6 is 23.4 Å². The maximum absolute atomic E-state index is 12.0. The van der Waals surface area contributed by atoms with E-state index in [1.807, 2.05) is 4.57 Å². The number of hydrogen-bond acceptors (Lipinski definition) is 6. The lowest BCUT2D eigenvalue weighted by atomic mass is 10.3. The normalized spacial score (nSPS) is 10.6. The van der Waals surface area contributed by atoms with E-state index >= 15 is 0 Å². The fraction of sp³-hybridized carbons (Fsp3) is 0.357. The van der Waals surface area contributed by atoms with Gasteiger partial charge in [-0.15, -0.1) is 10.2 Å². The van der Waals surface area contributed by atoms with Crippen LogP contribution in [0.3, 0.4) is 0 Å². The molecule has 23 heavy (non-hydrogen) atoms. The van der Waals surface area contributed by atoms with Gasteiger partial charge >= 0.3 is 0 Å². The van der Waals surface area contributed by atoms with E-state index < -0.39 is 0 Å². The van der Waals surface area contributed by atoms with Crippen LogP contribution in [0.1, 0.15) is 0 Å². The van der Waals surface area contributed by atoms with Crippen molar-refractivity contribution in [2.45, 2.75) is 11.7 Å². The van der Waals surface area contributed by atoms with Gasteiger partial charge in [-0.1, -0.05) is 23.4 Å². The van der Waals surface area contributed by atoms with Crippen LogP contribution in [0.25, 0.3) is 0 Å². The first-order chi connectivity index (χ1) is 11.1. The Morgan fingerprint density at radius 2 is 2.26 bits per heavy atom. The van der Waals surface area contributed by atoms with Crippen molar-refractivity contribution in [1.82, 2.24) is 14.8 Å². The topological polar surface area (TPSA) is 78.3 Å². The minimum absolute atomic E-state index is 0.155. The average molecular weight is 357 g/mol. The van der Waals surface area contributed by atoms with Gasteiger partial charge in [0.25, 0.3) is 0 Å². The van der Waals surface area contributed by atoms with E-state index in [0.717, 1.165) is 0 Å². The number of anilines is 1. The van der Waals surface area contributed by atoms with Gasteiger partial charge in [-0.2, -0.15) is 0 Å². The monoisotopic (exact) mass is 356 g/mol. The molecule has 0 aliphatic rings. The summed E-state index contributed by atoms with van der Waals surface area (Å²) in [5.74, 6) is 0.623. The molecule has 124 valence electrons. The van der Waals surface area contributed by atoms with Crippen LogP contribution in [-0.4, -0.2) is 47.3 Å². The lowest BCUT2D eigenvalue weighted by Gasteiger charge is -2.08. The number of thioether (sulfide) groups is 1. The zero-order valence-corrected chi connectivity index (χ0v) is 14.4. The molecule has 0 fully saturated rings. The van der Waals surface area contributed by atoms with E-state index in [2.05, 4.69) is 15.5 Å². The van der Waals surface area contributed by atoms with Gasteiger partial charge in [-0.05, 0) is 18.2 Å². The molecule has 1 aromatic carbocycles. The van der Waals surface area contributed by atoms with Crippen LogP contribution in [0.5, 0.6) is 5.75 Å². The van der Waals surface area contributed by atoms with Gasteiger partial charge < -0.3 is 19.4 Å². The second-order valence-electron chi connectivity index (χ2n) is 4.49. The first-order valence-corrected chi connectivity index (χ1v) is 8.13. The Labute approximate surface area is 143 Å². The van der Waals surface area contributed by atoms with E-state index in [9.17, 15) is 4.79 Å². The molecule has 9 heteroatoms. The highest BCUT2D eigenvalue weighted by molar-refractivity contribution is 7.99. The Hall–Kier alpha value is -1.77. The molecule has 0 unspecified atom stereocenters. The number of carbonyl (C=O) groups excluding carboxylic acids is 1. The molecule has 0 radical (unpaired) electrons. The number of aromatic nitrogens is 3. The smallest absolute Gasteiger partial charge is 0.234 e. The third kappa shape index (κ3) is 5.12. The maximum Gasteiger partial charge on any atom is 0.234 e. The highest BCUT2D eigenvalue weighted by atomic mass is 35.5. The maximum atomic E-state index is 12.0. The molecule has 0 aliphatic carbocycles. The summed E-state index contributed by atoms with van der Waals surface area (Å²) in [6.45, 7) is 1.20. The summed E-state index contributed by atoms with van der Waals surface area (Å²) >= 11 is 7.33. The van der Waals surface area contributed by atoms with Crippen molar-refractivity contribution in [2.24, 2.45) is 0 Å². The predicted octanol–water partition coefficient (Wildman–Crippen LogP) is 2.32. The predicted molar refractivity (Wildman–Crippen MR) is 89.3 cm³/mol. The van der Waals surface area contributed by atoms with Gasteiger partial charge in [0, 0.05) is 19.3 Å². The third-order valence-corrected chi connectivity index (χ3v) is 4.16. The van der Waals surface area contributed by atoms with Gasteiger partial charge in [0.2, 0.25) is 5.91 Å². The van der Waals surface area contributed by atoms with E-state index in [1.165, 1.54) is 18.9 Å². The van der Waals surface area contributed by atoms with Crippen LogP contribution in [0.15, 0.2) is 29.7 Å². The number of carbonyl (C=O) groups is 1. The summed E-state index contributed by atoms with van der Waals surface area (Å²) < 4.78 is 11.9. The van der Waals surface area contributed by atoms with Gasteiger partial charge in [-0.25, -0.2) is 0 Å². The molecular weight excluding hydrogens is 340 g/mol. The Morgan fingerprint density at radius 3 is 2.96 bits per heavy atom. The second kappa shape index (κ2) is 8.76. The molecule has 0 saturated carbocycles. The molecule has 1 heterocycles. The zero-order valence-electron chi connectivity index (χ0n) is 12.8. The largest absolute Gasteiger partial charge is 0.495 e. The lowest BCUT2D eigenvalue weighted by Crippen LogP contribution is -2.15. The Kier molecular flexibility index (Phi) is 6.69. The van der Waals surface area contributed by atoms with Crippen LogP contribution in [-0.2, 0) is 16.1 Å². The quantitative estimate of drug-likeness (QED) is 0.731. The number of halogens is 1. The molecule has 1 amide bonds. The lowest BCUT2D eigenvalue weighted by molar-refractivity contribution is -0.113. The van der Waals surface area contributed by atoms with Gasteiger partial charge in [0.1, 0.15) is 12.1 Å². The van der Waals surface area contributed by atoms with Gasteiger partial charge in [-0.3, -0.25) is 4.79 Å². The fourth-order valence-electron chi connectivity index (χ4n) is 1.77. The van der Waals surface area contributed by atoms with Crippen LogP contribution < -0.4 is 10.1 Å². The van der Waals surface area contributed by atoms with Crippen molar-refractivity contribution < 1.29 is 14.3 Å². The minimum atomic E-state index is -0.155. The number of rotatable bonds is 8. The van der Waals surface area contributed by atoms with Crippen molar-refractivity contribution in [2.75, 3.05) is 31.9 Å². The van der Waals surface area contributed by atoms with E-state index in [0.29, 0.717) is 34.8 Å². The molecule has 1 N–H and O–H groups in total. The summed E-state index contributed by atoms with van der Waals surface area (Å²) in [6, 6.07) is 5.07. The molecule has 0 atom stereocenters. The van der Waals surface area contributed by atoms with Crippen molar-refractivity contribution in [1.29, 1.82) is 0 Å². The van der Waals surface area contributed by atoms with Gasteiger partial charge in [0.05, 0.1) is 24.5 Å². The molecule has 2 rings (SSSR count). The SMILES string of the molecule is COCCn1cnnc1SCC(=O)Nc1ccc(OC)c(Cl)c1. The van der Waals surface area contributed by atoms with E-state index in [-0.39, 0.29) is 11.7 Å². The summed E-state index contributed by atoms with van der Waals surface area (Å²) in [7, 11) is 3.17. The fourth-order valence-corrected chi connectivity index (χ4v) is 2.77. The number of nitrogens with one attached hydrogen (secondary N) is 1. The van der Waals surface area contributed by atoms with Crippen LogP contribution in [0.2, 0.25) is 5.02 Å². The average Bonchev–Trinajstić information content (AvgIpc) is 2.98. The molecule has 7 nitrogen and oxygen atoms in total. The van der Waals surface area contributed by atoms with Gasteiger partial charge in [0.15, 0.2) is 5.16 Å². The Morgan fingerprint density at radius 1 is 1.43 bits per heavy atom. The number of ether oxygens (including phenoxy) is 2. The molecule has 0 spiro atoms. The summed E-state index contributed by atoms with van der Waals surface area (Å²) in [5, 5.41) is 11.7. The minimum Gasteiger partial charge on any atom is -0.495 e. The first-order valence-electron chi connectivity index (χ1n) is 6.77. The summed E-state index contributed by atoms with van der Waals surface area (Å²) in [5.41, 5.74) is 0.613. The number of methoxy groups -OCH3 is 2. The van der Waals surface area contributed by atoms with E-state index in [4.69, 9.17) is 21.1 Å². The highest BCUT2D eigenvalue weighted by Gasteiger charge is 2.10. The molecule has 2 aromatic rings. The molecular formula is C14H17ClN4O3S. The number of benzene rings is 1. The summed E-state index contributed by atoms with van der Waals surface area (Å²) in [4.78, 5) is 12.0. The summed E-state index contributed by atoms with van der Waals surface area (Å²) in [6.07, 6.45) is 1.61. The molecule has 1 aromatic heterocycles. The first kappa shape index (κ1) is 17.6. The Bertz CT molecular complexity index is 665. The Balaban J connectivity index is 1.88. The van der Waals surface area contributed by atoms with Crippen molar-refractivity contribution in [3.8, 4) is 5.75 Å². The molecule has 0 aliphatic heterocycles.